The molecule has 5 rings (SSSR count). The topological polar surface area (TPSA) is 114 Å². The molecule has 1 atom stereocenters. The largest absolute Gasteiger partial charge is 0.395 e. The number of carbonyl (C=O) groups excluding carboxylic acids is 4. The fourth-order valence-corrected chi connectivity index (χ4v) is 5.73. The molecule has 4 amide bonds. The predicted molar refractivity (Wildman–Crippen MR) is 128 cm³/mol. The van der Waals surface area contributed by atoms with Crippen LogP contribution in [0.3, 0.4) is 0 Å². The van der Waals surface area contributed by atoms with Crippen LogP contribution in [0.2, 0.25) is 0 Å². The first-order valence-electron chi connectivity index (χ1n) is 12.6. The van der Waals surface area contributed by atoms with Crippen molar-refractivity contribution in [3.8, 4) is 0 Å². The number of carbonyl (C=O) groups is 4. The summed E-state index contributed by atoms with van der Waals surface area (Å²) in [6, 6.07) is 4.42. The van der Waals surface area contributed by atoms with Crippen LogP contribution in [0.5, 0.6) is 0 Å². The molecule has 0 aliphatic carbocycles. The van der Waals surface area contributed by atoms with Gasteiger partial charge in [0.1, 0.15) is 6.04 Å². The Kier molecular flexibility index (Phi) is 6.86. The molecule has 4 aliphatic heterocycles. The van der Waals surface area contributed by atoms with Crippen molar-refractivity contribution in [1.82, 2.24) is 20.0 Å². The third-order valence-corrected chi connectivity index (χ3v) is 7.80. The number of aliphatic hydroxyl groups is 1. The fourth-order valence-electron chi connectivity index (χ4n) is 5.73. The lowest BCUT2D eigenvalue weighted by atomic mass is 9.95. The SMILES string of the molecule is O=C1CCC(N2C(=O)c3ccc(N4CCC(CN5CCN(CCO)CC5)CC4)cc3C2=O)C(=O)N1. The molecule has 2 N–H and O–H groups in total. The van der Waals surface area contributed by atoms with Gasteiger partial charge in [0.2, 0.25) is 11.8 Å². The van der Waals surface area contributed by atoms with Crippen LogP contribution in [0, 0.1) is 5.92 Å². The van der Waals surface area contributed by atoms with Gasteiger partial charge in [-0.15, -0.1) is 0 Å². The van der Waals surface area contributed by atoms with E-state index in [0.717, 1.165) is 75.8 Å². The highest BCUT2D eigenvalue weighted by Crippen LogP contribution is 2.32. The molecular formula is C25H33N5O5. The van der Waals surface area contributed by atoms with E-state index >= 15 is 0 Å². The zero-order valence-electron chi connectivity index (χ0n) is 19.9. The van der Waals surface area contributed by atoms with E-state index in [2.05, 4.69) is 20.0 Å². The number of hydrogen-bond donors (Lipinski definition) is 2. The number of piperazine rings is 1. The van der Waals surface area contributed by atoms with Gasteiger partial charge in [-0.2, -0.15) is 0 Å². The summed E-state index contributed by atoms with van der Waals surface area (Å²) in [6.45, 7) is 7.98. The zero-order chi connectivity index (χ0) is 24.5. The van der Waals surface area contributed by atoms with Gasteiger partial charge in [-0.3, -0.25) is 34.3 Å². The van der Waals surface area contributed by atoms with Gasteiger partial charge in [-0.05, 0) is 43.4 Å². The Morgan fingerprint density at radius 1 is 0.857 bits per heavy atom. The Bertz CT molecular complexity index is 1010. The minimum Gasteiger partial charge on any atom is -0.395 e. The highest BCUT2D eigenvalue weighted by atomic mass is 16.3. The molecule has 1 aromatic rings. The molecule has 3 fully saturated rings. The van der Waals surface area contributed by atoms with Crippen molar-refractivity contribution in [3.05, 3.63) is 29.3 Å². The molecule has 4 heterocycles. The maximum absolute atomic E-state index is 13.1. The first-order chi connectivity index (χ1) is 16.9. The van der Waals surface area contributed by atoms with Crippen LogP contribution in [0.4, 0.5) is 5.69 Å². The number of piperidine rings is 2. The molecule has 0 aromatic heterocycles. The molecule has 0 bridgehead atoms. The monoisotopic (exact) mass is 483 g/mol. The summed E-state index contributed by atoms with van der Waals surface area (Å²) in [6.07, 6.45) is 2.42. The number of anilines is 1. The molecule has 3 saturated heterocycles. The van der Waals surface area contributed by atoms with Crippen molar-refractivity contribution >= 4 is 29.3 Å². The lowest BCUT2D eigenvalue weighted by molar-refractivity contribution is -0.136. The van der Waals surface area contributed by atoms with Crippen LogP contribution < -0.4 is 10.2 Å². The zero-order valence-corrected chi connectivity index (χ0v) is 19.9. The van der Waals surface area contributed by atoms with Gasteiger partial charge < -0.3 is 14.9 Å². The third-order valence-electron chi connectivity index (χ3n) is 7.80. The maximum atomic E-state index is 13.1. The van der Waals surface area contributed by atoms with Crippen molar-refractivity contribution in [3.63, 3.8) is 0 Å². The smallest absolute Gasteiger partial charge is 0.262 e. The van der Waals surface area contributed by atoms with E-state index in [1.165, 1.54) is 0 Å². The fraction of sp³-hybridized carbons (Fsp3) is 0.600. The van der Waals surface area contributed by atoms with Gasteiger partial charge >= 0.3 is 0 Å². The number of aliphatic hydroxyl groups excluding tert-OH is 1. The molecule has 10 nitrogen and oxygen atoms in total. The molecule has 1 aromatic carbocycles. The maximum Gasteiger partial charge on any atom is 0.262 e. The van der Waals surface area contributed by atoms with Crippen LogP contribution in [0.1, 0.15) is 46.4 Å². The standard InChI is InChI=1S/C25H33N5O5/c31-14-13-27-9-11-28(12-10-27)16-17-5-7-29(8-6-17)18-1-2-19-20(15-18)25(35)30(24(19)34)21-3-4-22(32)26-23(21)33/h1-2,15,17,21,31H,3-14,16H2,(H,26,32,33). The van der Waals surface area contributed by atoms with E-state index in [4.69, 9.17) is 5.11 Å². The van der Waals surface area contributed by atoms with Crippen molar-refractivity contribution < 1.29 is 24.3 Å². The first kappa shape index (κ1) is 23.9. The van der Waals surface area contributed by atoms with E-state index < -0.39 is 23.8 Å². The molecular weight excluding hydrogens is 450 g/mol. The third kappa shape index (κ3) is 4.82. The summed E-state index contributed by atoms with van der Waals surface area (Å²) in [7, 11) is 0. The number of benzene rings is 1. The van der Waals surface area contributed by atoms with E-state index in [0.29, 0.717) is 17.0 Å². The normalized spacial score (nSPS) is 24.8. The summed E-state index contributed by atoms with van der Waals surface area (Å²) >= 11 is 0. The van der Waals surface area contributed by atoms with E-state index in [-0.39, 0.29) is 25.4 Å². The number of imide groups is 2. The lowest BCUT2D eigenvalue weighted by Gasteiger charge is -2.39. The molecule has 1 unspecified atom stereocenters. The Hall–Kier alpha value is -2.82. The molecule has 0 radical (unpaired) electrons. The van der Waals surface area contributed by atoms with E-state index in [1.54, 1.807) is 12.1 Å². The molecule has 0 saturated carbocycles. The minimum atomic E-state index is -0.940. The summed E-state index contributed by atoms with van der Waals surface area (Å²) < 4.78 is 0. The number of amides is 4. The molecule has 10 heteroatoms. The van der Waals surface area contributed by atoms with Crippen molar-refractivity contribution in [2.24, 2.45) is 5.92 Å². The van der Waals surface area contributed by atoms with Crippen LogP contribution >= 0.6 is 0 Å². The van der Waals surface area contributed by atoms with Gasteiger partial charge in [0.15, 0.2) is 0 Å². The highest BCUT2D eigenvalue weighted by molar-refractivity contribution is 6.23. The quantitative estimate of drug-likeness (QED) is 0.540. The molecule has 35 heavy (non-hydrogen) atoms. The van der Waals surface area contributed by atoms with Crippen molar-refractivity contribution in [1.29, 1.82) is 0 Å². The Balaban J connectivity index is 1.18. The van der Waals surface area contributed by atoms with Crippen LogP contribution in [-0.4, -0.2) is 108 Å². The summed E-state index contributed by atoms with van der Waals surface area (Å²) in [4.78, 5) is 57.9. The Morgan fingerprint density at radius 3 is 2.23 bits per heavy atom. The Labute approximate surface area is 204 Å². The summed E-state index contributed by atoms with van der Waals surface area (Å²) in [5, 5.41) is 11.3. The number of hydrogen-bond acceptors (Lipinski definition) is 8. The molecule has 0 spiro atoms. The van der Waals surface area contributed by atoms with Gasteiger partial charge in [-0.25, -0.2) is 0 Å². The average Bonchev–Trinajstić information content (AvgIpc) is 3.10. The van der Waals surface area contributed by atoms with Gasteiger partial charge in [0.25, 0.3) is 11.8 Å². The average molecular weight is 484 g/mol. The van der Waals surface area contributed by atoms with Gasteiger partial charge in [0, 0.05) is 64.5 Å². The lowest BCUT2D eigenvalue weighted by Crippen LogP contribution is -2.54. The number of β-amino-alcohol motifs (C(OH)–C–C–N with tert-alkyl or cyclic N) is 1. The van der Waals surface area contributed by atoms with Gasteiger partial charge in [-0.1, -0.05) is 0 Å². The predicted octanol–water partition coefficient (Wildman–Crippen LogP) is -0.0859. The summed E-state index contributed by atoms with van der Waals surface area (Å²) in [5.41, 5.74) is 1.57. The number of rotatable bonds is 6. The number of nitrogens with zero attached hydrogens (tertiary/aromatic N) is 4. The molecule has 188 valence electrons. The second-order valence-electron chi connectivity index (χ2n) is 9.97. The number of fused-ring (bicyclic) bond motifs is 1. The van der Waals surface area contributed by atoms with E-state index in [9.17, 15) is 19.2 Å². The molecule has 4 aliphatic rings. The second-order valence-corrected chi connectivity index (χ2v) is 9.97. The number of nitrogens with one attached hydrogen (secondary N) is 1. The van der Waals surface area contributed by atoms with Gasteiger partial charge in [0.05, 0.1) is 17.7 Å². The Morgan fingerprint density at radius 2 is 1.54 bits per heavy atom. The highest BCUT2D eigenvalue weighted by Gasteiger charge is 2.44. The summed E-state index contributed by atoms with van der Waals surface area (Å²) in [5.74, 6) is -1.26. The van der Waals surface area contributed by atoms with Crippen LogP contribution in [0.15, 0.2) is 18.2 Å². The van der Waals surface area contributed by atoms with Crippen molar-refractivity contribution in [2.75, 3.05) is 63.9 Å². The van der Waals surface area contributed by atoms with Crippen molar-refractivity contribution in [2.45, 2.75) is 31.7 Å². The first-order valence-corrected chi connectivity index (χ1v) is 12.6. The second kappa shape index (κ2) is 10.0. The van der Waals surface area contributed by atoms with Crippen LogP contribution in [-0.2, 0) is 9.59 Å². The van der Waals surface area contributed by atoms with Crippen LogP contribution in [0.25, 0.3) is 0 Å². The minimum absolute atomic E-state index is 0.113. The van der Waals surface area contributed by atoms with E-state index in [1.807, 2.05) is 6.07 Å².